The summed E-state index contributed by atoms with van der Waals surface area (Å²) in [6.07, 6.45) is 6.71. The molecular formula is C16H32N4. The summed E-state index contributed by atoms with van der Waals surface area (Å²) < 4.78 is 0. The van der Waals surface area contributed by atoms with E-state index >= 15 is 0 Å². The van der Waals surface area contributed by atoms with Gasteiger partial charge in [-0.1, -0.05) is 0 Å². The highest BCUT2D eigenvalue weighted by atomic mass is 15.3. The molecule has 3 rings (SSSR count). The highest BCUT2D eigenvalue weighted by molar-refractivity contribution is 5.09. The monoisotopic (exact) mass is 280 g/mol. The standard InChI is InChI=1S/C16H32N4/c1-18-9-5-14(6-10-18)12-19(2)16(13-17)7-11-20-8-3-4-15(16)20/h14-15H,3-13,17H2,1-2H3. The van der Waals surface area contributed by atoms with Crippen molar-refractivity contribution >= 4 is 0 Å². The number of hydrogen-bond acceptors (Lipinski definition) is 4. The fourth-order valence-corrected chi connectivity index (χ4v) is 4.86. The molecule has 3 heterocycles. The predicted octanol–water partition coefficient (Wildman–Crippen LogP) is 0.826. The molecular weight excluding hydrogens is 248 g/mol. The second-order valence-corrected chi connectivity index (χ2v) is 7.38. The molecule has 2 N–H and O–H groups in total. The Morgan fingerprint density at radius 3 is 2.60 bits per heavy atom. The number of rotatable bonds is 4. The van der Waals surface area contributed by atoms with E-state index in [9.17, 15) is 0 Å². The van der Waals surface area contributed by atoms with Crippen LogP contribution < -0.4 is 5.73 Å². The summed E-state index contributed by atoms with van der Waals surface area (Å²) in [7, 11) is 4.59. The average Bonchev–Trinajstić information content (AvgIpc) is 3.03. The van der Waals surface area contributed by atoms with Gasteiger partial charge in [0.2, 0.25) is 0 Å². The van der Waals surface area contributed by atoms with Crippen LogP contribution in [0.2, 0.25) is 0 Å². The molecule has 3 saturated heterocycles. The average molecular weight is 280 g/mol. The summed E-state index contributed by atoms with van der Waals surface area (Å²) in [4.78, 5) is 7.81. The van der Waals surface area contributed by atoms with Gasteiger partial charge in [0.25, 0.3) is 0 Å². The lowest BCUT2D eigenvalue weighted by Gasteiger charge is -2.44. The Bertz CT molecular complexity index is 326. The van der Waals surface area contributed by atoms with Crippen LogP contribution in [0.5, 0.6) is 0 Å². The van der Waals surface area contributed by atoms with Crippen molar-refractivity contribution in [2.45, 2.75) is 43.7 Å². The lowest BCUT2D eigenvalue weighted by molar-refractivity contribution is 0.0623. The maximum absolute atomic E-state index is 6.28. The van der Waals surface area contributed by atoms with Crippen molar-refractivity contribution in [2.24, 2.45) is 11.7 Å². The Kier molecular flexibility index (Phi) is 4.37. The molecule has 0 bridgehead atoms. The minimum absolute atomic E-state index is 0.264. The first-order valence-electron chi connectivity index (χ1n) is 8.49. The zero-order chi connectivity index (χ0) is 14.2. The van der Waals surface area contributed by atoms with Crippen LogP contribution in [-0.4, -0.2) is 79.6 Å². The van der Waals surface area contributed by atoms with E-state index in [1.54, 1.807) is 0 Å². The molecule has 3 aliphatic heterocycles. The number of nitrogens with two attached hydrogens (primary N) is 1. The van der Waals surface area contributed by atoms with E-state index in [2.05, 4.69) is 28.8 Å². The van der Waals surface area contributed by atoms with Crippen LogP contribution in [0.25, 0.3) is 0 Å². The van der Waals surface area contributed by atoms with E-state index in [4.69, 9.17) is 5.73 Å². The highest BCUT2D eigenvalue weighted by Crippen LogP contribution is 2.39. The molecule has 4 heteroatoms. The van der Waals surface area contributed by atoms with Gasteiger partial charge in [-0.05, 0) is 71.8 Å². The SMILES string of the molecule is CN1CCC(CN(C)C2(CN)CCN3CCCC32)CC1. The van der Waals surface area contributed by atoms with Gasteiger partial charge in [0, 0.05) is 31.2 Å². The third kappa shape index (κ3) is 2.52. The summed E-state index contributed by atoms with van der Waals surface area (Å²) in [6, 6.07) is 0.726. The molecule has 20 heavy (non-hydrogen) atoms. The lowest BCUT2D eigenvalue weighted by atomic mass is 9.85. The number of fused-ring (bicyclic) bond motifs is 1. The minimum Gasteiger partial charge on any atom is -0.329 e. The molecule has 0 aromatic rings. The van der Waals surface area contributed by atoms with Crippen LogP contribution in [0.15, 0.2) is 0 Å². The molecule has 4 nitrogen and oxygen atoms in total. The minimum atomic E-state index is 0.264. The van der Waals surface area contributed by atoms with Gasteiger partial charge in [-0.25, -0.2) is 0 Å². The molecule has 0 aromatic heterocycles. The van der Waals surface area contributed by atoms with Crippen LogP contribution >= 0.6 is 0 Å². The van der Waals surface area contributed by atoms with Gasteiger partial charge < -0.3 is 10.6 Å². The Labute approximate surface area is 124 Å². The van der Waals surface area contributed by atoms with Crippen molar-refractivity contribution in [3.8, 4) is 0 Å². The van der Waals surface area contributed by atoms with Crippen molar-refractivity contribution < 1.29 is 0 Å². The van der Waals surface area contributed by atoms with E-state index in [0.29, 0.717) is 0 Å². The first kappa shape index (κ1) is 14.8. The molecule has 0 amide bonds. The zero-order valence-electron chi connectivity index (χ0n) is 13.4. The quantitative estimate of drug-likeness (QED) is 0.827. The molecule has 116 valence electrons. The van der Waals surface area contributed by atoms with Gasteiger partial charge in [0.05, 0.1) is 0 Å². The zero-order valence-corrected chi connectivity index (χ0v) is 13.4. The van der Waals surface area contributed by atoms with Gasteiger partial charge in [-0.3, -0.25) is 9.80 Å². The smallest absolute Gasteiger partial charge is 0.0496 e. The first-order chi connectivity index (χ1) is 9.65. The molecule has 0 spiro atoms. The third-order valence-electron chi connectivity index (χ3n) is 6.30. The van der Waals surface area contributed by atoms with Crippen LogP contribution in [0.1, 0.15) is 32.1 Å². The molecule has 3 aliphatic rings. The fraction of sp³-hybridized carbons (Fsp3) is 1.00. The molecule has 2 atom stereocenters. The number of likely N-dealkylation sites (tertiary alicyclic amines) is 1. The van der Waals surface area contributed by atoms with Gasteiger partial charge in [0.1, 0.15) is 0 Å². The number of piperidine rings is 1. The van der Waals surface area contributed by atoms with Crippen LogP contribution in [-0.2, 0) is 0 Å². The number of likely N-dealkylation sites (N-methyl/N-ethyl adjacent to an activating group) is 1. The van der Waals surface area contributed by atoms with E-state index in [1.807, 2.05) is 0 Å². The molecule has 0 radical (unpaired) electrons. The second kappa shape index (κ2) is 5.91. The lowest BCUT2D eigenvalue weighted by Crippen LogP contribution is -2.59. The summed E-state index contributed by atoms with van der Waals surface area (Å²) in [5, 5.41) is 0. The van der Waals surface area contributed by atoms with Crippen molar-refractivity contribution in [1.29, 1.82) is 0 Å². The van der Waals surface area contributed by atoms with E-state index in [-0.39, 0.29) is 5.54 Å². The maximum atomic E-state index is 6.28. The Morgan fingerprint density at radius 2 is 1.90 bits per heavy atom. The van der Waals surface area contributed by atoms with E-state index in [1.165, 1.54) is 64.8 Å². The summed E-state index contributed by atoms with van der Waals surface area (Å²) in [5.74, 6) is 0.870. The predicted molar refractivity (Wildman–Crippen MR) is 83.8 cm³/mol. The molecule has 2 unspecified atom stereocenters. The summed E-state index contributed by atoms with van der Waals surface area (Å²) in [6.45, 7) is 7.17. The van der Waals surface area contributed by atoms with Gasteiger partial charge in [0.15, 0.2) is 0 Å². The highest BCUT2D eigenvalue weighted by Gasteiger charge is 2.50. The van der Waals surface area contributed by atoms with Crippen LogP contribution in [0.4, 0.5) is 0 Å². The fourth-order valence-electron chi connectivity index (χ4n) is 4.86. The van der Waals surface area contributed by atoms with Crippen molar-refractivity contribution in [2.75, 3.05) is 53.4 Å². The van der Waals surface area contributed by atoms with E-state index in [0.717, 1.165) is 18.5 Å². The van der Waals surface area contributed by atoms with Crippen molar-refractivity contribution in [1.82, 2.24) is 14.7 Å². The van der Waals surface area contributed by atoms with Gasteiger partial charge >= 0.3 is 0 Å². The van der Waals surface area contributed by atoms with Gasteiger partial charge in [-0.15, -0.1) is 0 Å². The summed E-state index contributed by atoms with van der Waals surface area (Å²) in [5.41, 5.74) is 6.54. The number of hydrogen-bond donors (Lipinski definition) is 1. The Hall–Kier alpha value is -0.160. The second-order valence-electron chi connectivity index (χ2n) is 7.38. The Balaban J connectivity index is 1.63. The largest absolute Gasteiger partial charge is 0.329 e. The number of nitrogens with zero attached hydrogens (tertiary/aromatic N) is 3. The van der Waals surface area contributed by atoms with Crippen LogP contribution in [0, 0.1) is 5.92 Å². The first-order valence-corrected chi connectivity index (χ1v) is 8.49. The Morgan fingerprint density at radius 1 is 1.15 bits per heavy atom. The van der Waals surface area contributed by atoms with Crippen molar-refractivity contribution in [3.05, 3.63) is 0 Å². The molecule has 0 aromatic carbocycles. The molecule has 0 saturated carbocycles. The van der Waals surface area contributed by atoms with Crippen molar-refractivity contribution in [3.63, 3.8) is 0 Å². The molecule has 3 fully saturated rings. The van der Waals surface area contributed by atoms with E-state index < -0.39 is 0 Å². The maximum Gasteiger partial charge on any atom is 0.0496 e. The van der Waals surface area contributed by atoms with Crippen LogP contribution in [0.3, 0.4) is 0 Å². The topological polar surface area (TPSA) is 35.7 Å². The normalized spacial score (nSPS) is 36.9. The molecule has 0 aliphatic carbocycles. The summed E-state index contributed by atoms with van der Waals surface area (Å²) >= 11 is 0. The van der Waals surface area contributed by atoms with Gasteiger partial charge in [-0.2, -0.15) is 0 Å². The third-order valence-corrected chi connectivity index (χ3v) is 6.30.